The Morgan fingerprint density at radius 1 is 1.11 bits per heavy atom. The molecule has 0 aliphatic carbocycles. The molecule has 178 valence electrons. The maximum Gasteiger partial charge on any atom is 0.339 e. The molecule has 1 aliphatic heterocycles. The molecule has 3 aromatic rings. The minimum Gasteiger partial charge on any atom is -0.378 e. The number of carbonyl (C=O) groups is 1. The summed E-state index contributed by atoms with van der Waals surface area (Å²) in [6.45, 7) is 1.84. The first-order chi connectivity index (χ1) is 16.6. The van der Waals surface area contributed by atoms with Gasteiger partial charge in [0.1, 0.15) is 16.3 Å². The van der Waals surface area contributed by atoms with Crippen molar-refractivity contribution in [3.05, 3.63) is 97.9 Å². The Balaban J connectivity index is 1.62. The van der Waals surface area contributed by atoms with Crippen LogP contribution in [0.2, 0.25) is 5.02 Å². The van der Waals surface area contributed by atoms with E-state index in [1.807, 2.05) is 6.92 Å². The van der Waals surface area contributed by atoms with Crippen molar-refractivity contribution < 1.29 is 22.3 Å². The van der Waals surface area contributed by atoms with Gasteiger partial charge >= 0.3 is 10.1 Å². The van der Waals surface area contributed by atoms with Crippen LogP contribution >= 0.6 is 23.4 Å². The Kier molecular flexibility index (Phi) is 6.92. The molecule has 1 N–H and O–H groups in total. The van der Waals surface area contributed by atoms with Crippen molar-refractivity contribution in [2.45, 2.75) is 11.8 Å². The molecule has 1 fully saturated rings. The third kappa shape index (κ3) is 5.70. The number of nitro groups is 1. The van der Waals surface area contributed by atoms with E-state index < -0.39 is 20.9 Å². The SMILES string of the molecule is Cc1ccc(S(=O)(=O)Oc2ccccc2/C=C2/SC(=Nc3ccc(Cl)cc3[N+](=O)[O-])NC2=O)cc1. The molecule has 12 heteroatoms. The number of benzene rings is 3. The van der Waals surface area contributed by atoms with Gasteiger partial charge in [0, 0.05) is 16.7 Å². The summed E-state index contributed by atoms with van der Waals surface area (Å²) in [6.07, 6.45) is 1.46. The molecular weight excluding hydrogens is 514 g/mol. The molecule has 1 saturated heterocycles. The second-order valence-electron chi connectivity index (χ2n) is 7.26. The first kappa shape index (κ1) is 24.5. The molecule has 9 nitrogen and oxygen atoms in total. The molecular formula is C23H16ClN3O6S2. The lowest BCUT2D eigenvalue weighted by Crippen LogP contribution is -2.19. The Labute approximate surface area is 209 Å². The number of amides is 1. The lowest BCUT2D eigenvalue weighted by atomic mass is 10.2. The largest absolute Gasteiger partial charge is 0.378 e. The number of nitro benzene ring substituents is 1. The zero-order chi connectivity index (χ0) is 25.2. The summed E-state index contributed by atoms with van der Waals surface area (Å²) in [5.74, 6) is -0.464. The zero-order valence-electron chi connectivity index (χ0n) is 18.0. The molecule has 1 aliphatic rings. The van der Waals surface area contributed by atoms with Crippen LogP contribution in [0.4, 0.5) is 11.4 Å². The van der Waals surface area contributed by atoms with E-state index in [-0.39, 0.29) is 37.1 Å². The molecule has 4 rings (SSSR count). The summed E-state index contributed by atoms with van der Waals surface area (Å²) in [4.78, 5) is 27.6. The number of nitrogens with zero attached hydrogens (tertiary/aromatic N) is 2. The topological polar surface area (TPSA) is 128 Å². The number of hydrogen-bond acceptors (Lipinski definition) is 8. The normalized spacial score (nSPS) is 15.9. The third-order valence-corrected chi connectivity index (χ3v) is 7.12. The molecule has 1 amide bonds. The van der Waals surface area contributed by atoms with Gasteiger partial charge in [-0.2, -0.15) is 8.42 Å². The summed E-state index contributed by atoms with van der Waals surface area (Å²) in [5.41, 5.74) is 0.966. The number of carbonyl (C=O) groups excluding carboxylic acids is 1. The number of hydrogen-bond donors (Lipinski definition) is 1. The van der Waals surface area contributed by atoms with Gasteiger partial charge in [0.25, 0.3) is 11.6 Å². The number of amidine groups is 1. The number of rotatable bonds is 6. The van der Waals surface area contributed by atoms with E-state index in [9.17, 15) is 23.3 Å². The minimum atomic E-state index is -4.10. The highest BCUT2D eigenvalue weighted by atomic mass is 35.5. The van der Waals surface area contributed by atoms with E-state index >= 15 is 0 Å². The zero-order valence-corrected chi connectivity index (χ0v) is 20.4. The number of thioether (sulfide) groups is 1. The highest BCUT2D eigenvalue weighted by Gasteiger charge is 2.26. The highest BCUT2D eigenvalue weighted by molar-refractivity contribution is 8.18. The van der Waals surface area contributed by atoms with E-state index in [4.69, 9.17) is 15.8 Å². The van der Waals surface area contributed by atoms with Crippen LogP contribution in [0.3, 0.4) is 0 Å². The van der Waals surface area contributed by atoms with Crippen molar-refractivity contribution in [1.82, 2.24) is 5.32 Å². The van der Waals surface area contributed by atoms with Gasteiger partial charge in [-0.3, -0.25) is 14.9 Å². The Hall–Kier alpha value is -3.67. The van der Waals surface area contributed by atoms with E-state index in [1.54, 1.807) is 30.3 Å². The van der Waals surface area contributed by atoms with Crippen LogP contribution in [0.1, 0.15) is 11.1 Å². The summed E-state index contributed by atoms with van der Waals surface area (Å²) in [7, 11) is -4.10. The predicted octanol–water partition coefficient (Wildman–Crippen LogP) is 5.22. The second kappa shape index (κ2) is 9.90. The smallest absolute Gasteiger partial charge is 0.339 e. The lowest BCUT2D eigenvalue weighted by Gasteiger charge is -2.10. The molecule has 0 radical (unpaired) electrons. The fourth-order valence-electron chi connectivity index (χ4n) is 3.02. The van der Waals surface area contributed by atoms with Crippen molar-refractivity contribution >= 4 is 62.0 Å². The monoisotopic (exact) mass is 529 g/mol. The van der Waals surface area contributed by atoms with Crippen LogP contribution in [-0.4, -0.2) is 24.4 Å². The molecule has 0 unspecified atom stereocenters. The van der Waals surface area contributed by atoms with Crippen molar-refractivity contribution in [3.8, 4) is 5.75 Å². The molecule has 1 heterocycles. The number of nitrogens with one attached hydrogen (secondary N) is 1. The maximum atomic E-state index is 12.7. The Morgan fingerprint density at radius 2 is 1.83 bits per heavy atom. The van der Waals surface area contributed by atoms with Gasteiger partial charge in [0.15, 0.2) is 5.17 Å². The van der Waals surface area contributed by atoms with Gasteiger partial charge in [-0.05, 0) is 55.1 Å². The van der Waals surface area contributed by atoms with Gasteiger partial charge in [-0.25, -0.2) is 4.99 Å². The standard InChI is InChI=1S/C23H16ClN3O6S2/c1-14-6-9-17(10-7-14)35(31,32)33-20-5-3-2-4-15(20)12-21-22(28)26-23(34-21)25-18-11-8-16(24)13-19(18)27(29)30/h2-13H,1H3,(H,25,26,28)/b21-12+. The molecule has 0 aromatic heterocycles. The maximum absolute atomic E-state index is 12.7. The molecule has 0 atom stereocenters. The summed E-state index contributed by atoms with van der Waals surface area (Å²) < 4.78 is 30.8. The van der Waals surface area contributed by atoms with E-state index in [0.717, 1.165) is 17.3 Å². The molecule has 35 heavy (non-hydrogen) atoms. The van der Waals surface area contributed by atoms with E-state index in [1.165, 1.54) is 42.5 Å². The summed E-state index contributed by atoms with van der Waals surface area (Å²) in [6, 6.07) is 16.6. The van der Waals surface area contributed by atoms with Gasteiger partial charge in [-0.15, -0.1) is 0 Å². The van der Waals surface area contributed by atoms with Gasteiger partial charge in [0.05, 0.1) is 9.83 Å². The van der Waals surface area contributed by atoms with E-state index in [2.05, 4.69) is 10.3 Å². The lowest BCUT2D eigenvalue weighted by molar-refractivity contribution is -0.384. The van der Waals surface area contributed by atoms with Crippen molar-refractivity contribution in [2.24, 2.45) is 4.99 Å². The second-order valence-corrected chi connectivity index (χ2v) is 10.3. The molecule has 0 spiro atoms. The Bertz CT molecular complexity index is 1500. The minimum absolute atomic E-state index is 0.00230. The molecule has 0 saturated carbocycles. The predicted molar refractivity (Wildman–Crippen MR) is 134 cm³/mol. The Morgan fingerprint density at radius 3 is 2.54 bits per heavy atom. The average molecular weight is 530 g/mol. The van der Waals surface area contributed by atoms with Crippen LogP contribution in [0.5, 0.6) is 5.75 Å². The van der Waals surface area contributed by atoms with E-state index in [0.29, 0.717) is 5.56 Å². The third-order valence-electron chi connectivity index (χ3n) is 4.72. The number of halogens is 1. The van der Waals surface area contributed by atoms with Gasteiger partial charge in [-0.1, -0.05) is 47.5 Å². The average Bonchev–Trinajstić information content (AvgIpc) is 3.14. The summed E-state index contributed by atoms with van der Waals surface area (Å²) >= 11 is 6.78. The number of aryl methyl sites for hydroxylation is 1. The van der Waals surface area contributed by atoms with Crippen LogP contribution < -0.4 is 9.50 Å². The van der Waals surface area contributed by atoms with Crippen LogP contribution in [0.15, 0.2) is 81.5 Å². The van der Waals surface area contributed by atoms with Crippen LogP contribution in [0, 0.1) is 17.0 Å². The molecule has 3 aromatic carbocycles. The highest BCUT2D eigenvalue weighted by Crippen LogP contribution is 2.35. The van der Waals surface area contributed by atoms with Gasteiger partial charge in [0.2, 0.25) is 0 Å². The van der Waals surface area contributed by atoms with Crippen molar-refractivity contribution in [1.29, 1.82) is 0 Å². The first-order valence-electron chi connectivity index (χ1n) is 9.96. The van der Waals surface area contributed by atoms with Crippen LogP contribution in [0.25, 0.3) is 6.08 Å². The summed E-state index contributed by atoms with van der Waals surface area (Å²) in [5, 5.41) is 14.1. The van der Waals surface area contributed by atoms with Gasteiger partial charge < -0.3 is 9.50 Å². The fourth-order valence-corrected chi connectivity index (χ4v) is 4.96. The van der Waals surface area contributed by atoms with Crippen LogP contribution in [-0.2, 0) is 14.9 Å². The fraction of sp³-hybridized carbons (Fsp3) is 0.0435. The van der Waals surface area contributed by atoms with Crippen molar-refractivity contribution in [3.63, 3.8) is 0 Å². The quantitative estimate of drug-likeness (QED) is 0.201. The number of aliphatic imine (C=N–C) groups is 1. The molecule has 0 bridgehead atoms. The van der Waals surface area contributed by atoms with Crippen molar-refractivity contribution in [2.75, 3.05) is 0 Å². The number of para-hydroxylation sites is 1. The first-order valence-corrected chi connectivity index (χ1v) is 12.6.